The quantitative estimate of drug-likeness (QED) is 0.614. The monoisotopic (exact) mass is 433 g/mol. The molecule has 0 aliphatic heterocycles. The zero-order valence-corrected chi connectivity index (χ0v) is 16.2. The fraction of sp³-hybridized carbons (Fsp3) is 0.350. The number of nitrogens with zero attached hydrogens (tertiary/aromatic N) is 1. The first kappa shape index (κ1) is 21.4. The van der Waals surface area contributed by atoms with Crippen LogP contribution in [0.3, 0.4) is 0 Å². The Morgan fingerprint density at radius 2 is 1.83 bits per heavy atom. The van der Waals surface area contributed by atoms with Gasteiger partial charge in [-0.25, -0.2) is 8.78 Å². The van der Waals surface area contributed by atoms with Gasteiger partial charge in [0.15, 0.2) is 5.82 Å². The highest BCUT2D eigenvalue weighted by atomic mass is 35.5. The van der Waals surface area contributed by atoms with Gasteiger partial charge in [-0.15, -0.1) is 0 Å². The maximum atomic E-state index is 15.1. The van der Waals surface area contributed by atoms with Crippen molar-refractivity contribution in [1.29, 1.82) is 0 Å². The van der Waals surface area contributed by atoms with Gasteiger partial charge in [0.1, 0.15) is 10.8 Å². The topological polar surface area (TPSA) is 42.2 Å². The van der Waals surface area contributed by atoms with E-state index in [9.17, 15) is 27.5 Å². The molecule has 156 valence electrons. The van der Waals surface area contributed by atoms with Crippen LogP contribution in [0.4, 0.5) is 22.0 Å². The van der Waals surface area contributed by atoms with E-state index in [-0.39, 0.29) is 5.69 Å². The number of aliphatic carboxylic acids is 1. The molecule has 1 heterocycles. The average molecular weight is 434 g/mol. The fourth-order valence-electron chi connectivity index (χ4n) is 4.11. The van der Waals surface area contributed by atoms with Crippen molar-refractivity contribution in [3.8, 4) is 5.69 Å². The number of allylic oxidation sites excluding steroid dienone is 2. The molecule has 2 unspecified atom stereocenters. The highest BCUT2D eigenvalue weighted by Gasteiger charge is 2.73. The van der Waals surface area contributed by atoms with Gasteiger partial charge >= 0.3 is 12.1 Å². The molecule has 1 aromatic carbocycles. The molecule has 9 heteroatoms. The Morgan fingerprint density at radius 3 is 2.31 bits per heavy atom. The number of benzene rings is 1. The summed E-state index contributed by atoms with van der Waals surface area (Å²) in [4.78, 5) is 11.7. The van der Waals surface area contributed by atoms with Crippen LogP contribution >= 0.6 is 11.6 Å². The van der Waals surface area contributed by atoms with Crippen LogP contribution < -0.4 is 0 Å². The van der Waals surface area contributed by atoms with Crippen LogP contribution in [0, 0.1) is 28.4 Å². The number of carboxylic acids is 1. The molecule has 1 fully saturated rings. The molecule has 3 nitrogen and oxygen atoms in total. The van der Waals surface area contributed by atoms with Gasteiger partial charge in [-0.05, 0) is 36.1 Å². The Hall–Kier alpha value is -2.35. The summed E-state index contributed by atoms with van der Waals surface area (Å²) < 4.78 is 70.1. The van der Waals surface area contributed by atoms with Gasteiger partial charge < -0.3 is 9.67 Å². The summed E-state index contributed by atoms with van der Waals surface area (Å²) >= 11 is 5.39. The lowest BCUT2D eigenvalue weighted by molar-refractivity contribution is -0.139. The predicted octanol–water partition coefficient (Wildman–Crippen LogP) is 5.71. The maximum absolute atomic E-state index is 15.1. The Morgan fingerprint density at radius 1 is 1.24 bits per heavy atom. The summed E-state index contributed by atoms with van der Waals surface area (Å²) in [6, 6.07) is 5.45. The molecule has 0 spiro atoms. The molecule has 0 radical (unpaired) electrons. The van der Waals surface area contributed by atoms with Crippen molar-refractivity contribution < 1.29 is 31.9 Å². The zero-order valence-electron chi connectivity index (χ0n) is 15.4. The van der Waals surface area contributed by atoms with Gasteiger partial charge in [0, 0.05) is 23.4 Å². The van der Waals surface area contributed by atoms with Crippen molar-refractivity contribution in [3.05, 3.63) is 65.0 Å². The maximum Gasteiger partial charge on any atom is 0.426 e. The van der Waals surface area contributed by atoms with Crippen LogP contribution in [-0.2, 0) is 11.2 Å². The Balaban J connectivity index is 2.14. The number of hydrogen-bond acceptors (Lipinski definition) is 1. The Bertz CT molecular complexity index is 981. The first-order chi connectivity index (χ1) is 13.3. The number of aromatic nitrogens is 1. The lowest BCUT2D eigenvalue weighted by Gasteiger charge is -2.20. The molecule has 2 atom stereocenters. The minimum absolute atomic E-state index is 0.00206. The number of halogens is 6. The second-order valence-corrected chi connectivity index (χ2v) is 8.06. The SMILES string of the molecule is CC1(C)C(C(=O)O)C1(C=C(Cl)C(F)(F)F)Cc1c(F)ccc(-n2cccc2)c1F. The molecule has 2 aromatic rings. The van der Waals surface area contributed by atoms with Crippen LogP contribution in [0.25, 0.3) is 5.69 Å². The fourth-order valence-corrected chi connectivity index (χ4v) is 4.30. The van der Waals surface area contributed by atoms with Crippen LogP contribution in [0.1, 0.15) is 19.4 Å². The van der Waals surface area contributed by atoms with E-state index >= 15 is 4.39 Å². The lowest BCUT2D eigenvalue weighted by Crippen LogP contribution is -2.18. The van der Waals surface area contributed by atoms with Crippen molar-refractivity contribution >= 4 is 17.6 Å². The van der Waals surface area contributed by atoms with Gasteiger partial charge in [-0.1, -0.05) is 31.5 Å². The molecule has 3 rings (SSSR count). The van der Waals surface area contributed by atoms with E-state index in [0.29, 0.717) is 6.08 Å². The summed E-state index contributed by atoms with van der Waals surface area (Å²) in [5.74, 6) is -4.59. The first-order valence-electron chi connectivity index (χ1n) is 8.61. The Kier molecular flexibility index (Phi) is 5.06. The average Bonchev–Trinajstić information content (AvgIpc) is 2.93. The minimum Gasteiger partial charge on any atom is -0.481 e. The van der Waals surface area contributed by atoms with E-state index in [2.05, 4.69) is 0 Å². The largest absolute Gasteiger partial charge is 0.481 e. The molecule has 1 aliphatic rings. The van der Waals surface area contributed by atoms with Crippen LogP contribution in [0.5, 0.6) is 0 Å². The molecule has 29 heavy (non-hydrogen) atoms. The van der Waals surface area contributed by atoms with Crippen LogP contribution in [-0.4, -0.2) is 21.8 Å². The van der Waals surface area contributed by atoms with Gasteiger partial charge in [-0.2, -0.15) is 13.2 Å². The molecule has 0 amide bonds. The predicted molar refractivity (Wildman–Crippen MR) is 96.7 cm³/mol. The van der Waals surface area contributed by atoms with Crippen LogP contribution in [0.15, 0.2) is 47.8 Å². The van der Waals surface area contributed by atoms with E-state index in [1.807, 2.05) is 0 Å². The smallest absolute Gasteiger partial charge is 0.426 e. The molecular weight excluding hydrogens is 417 g/mol. The summed E-state index contributed by atoms with van der Waals surface area (Å²) in [6.45, 7) is 2.88. The summed E-state index contributed by atoms with van der Waals surface area (Å²) in [6.07, 6.45) is -1.85. The van der Waals surface area contributed by atoms with Crippen molar-refractivity contribution in [2.24, 2.45) is 16.7 Å². The third-order valence-corrected chi connectivity index (χ3v) is 6.10. The number of alkyl halides is 3. The molecule has 0 saturated heterocycles. The van der Waals surface area contributed by atoms with E-state index in [1.54, 1.807) is 12.1 Å². The highest BCUT2D eigenvalue weighted by molar-refractivity contribution is 6.30. The van der Waals surface area contributed by atoms with Crippen molar-refractivity contribution in [2.75, 3.05) is 0 Å². The molecule has 1 N–H and O–H groups in total. The minimum atomic E-state index is -4.90. The van der Waals surface area contributed by atoms with Crippen LogP contribution in [0.2, 0.25) is 0 Å². The highest BCUT2D eigenvalue weighted by Crippen LogP contribution is 2.72. The summed E-state index contributed by atoms with van der Waals surface area (Å²) in [5, 5.41) is 8.00. The standard InChI is InChI=1S/C20H17ClF5NO2/c1-18(2)16(17(28)29)19(18,10-14(21)20(24,25)26)9-11-12(22)5-6-13(15(11)23)27-7-3-4-8-27/h3-8,10,16H,9H2,1-2H3,(H,28,29). The lowest BCUT2D eigenvalue weighted by atomic mass is 9.87. The van der Waals surface area contributed by atoms with Gasteiger partial charge in [0.05, 0.1) is 11.6 Å². The molecular formula is C20H17ClF5NO2. The van der Waals surface area contributed by atoms with E-state index in [1.165, 1.54) is 36.9 Å². The van der Waals surface area contributed by atoms with Crippen molar-refractivity contribution in [1.82, 2.24) is 4.57 Å². The zero-order chi connectivity index (χ0) is 21.8. The third-order valence-electron chi connectivity index (χ3n) is 5.77. The van der Waals surface area contributed by atoms with E-state index < -0.39 is 57.5 Å². The summed E-state index contributed by atoms with van der Waals surface area (Å²) in [7, 11) is 0. The number of hydrogen-bond donors (Lipinski definition) is 1. The van der Waals surface area contributed by atoms with Crippen molar-refractivity contribution in [3.63, 3.8) is 0 Å². The van der Waals surface area contributed by atoms with E-state index in [4.69, 9.17) is 11.6 Å². The molecule has 1 aromatic heterocycles. The number of carbonyl (C=O) groups is 1. The first-order valence-corrected chi connectivity index (χ1v) is 8.99. The van der Waals surface area contributed by atoms with Gasteiger partial charge in [-0.3, -0.25) is 4.79 Å². The normalized spacial score (nSPS) is 23.9. The molecule has 1 saturated carbocycles. The van der Waals surface area contributed by atoms with Gasteiger partial charge in [0.25, 0.3) is 0 Å². The third kappa shape index (κ3) is 3.43. The second-order valence-electron chi connectivity index (χ2n) is 7.65. The Labute approximate surface area is 168 Å². The molecule has 1 aliphatic carbocycles. The summed E-state index contributed by atoms with van der Waals surface area (Å²) in [5.41, 5.74) is -3.40. The molecule has 0 bridgehead atoms. The second kappa shape index (κ2) is 6.86. The number of carboxylic acid groups (broad SMARTS) is 1. The van der Waals surface area contributed by atoms with Gasteiger partial charge in [0.2, 0.25) is 0 Å². The number of rotatable bonds is 5. The van der Waals surface area contributed by atoms with E-state index in [0.717, 1.165) is 6.07 Å². The van der Waals surface area contributed by atoms with Crippen molar-refractivity contribution in [2.45, 2.75) is 26.4 Å².